The molecule has 10 aromatic rings. The van der Waals surface area contributed by atoms with E-state index in [0.717, 1.165) is 0 Å². The van der Waals surface area contributed by atoms with Crippen LogP contribution in [0.3, 0.4) is 0 Å². The van der Waals surface area contributed by atoms with E-state index in [4.69, 9.17) is 0 Å². The van der Waals surface area contributed by atoms with Crippen LogP contribution in [0.4, 0.5) is 0 Å². The van der Waals surface area contributed by atoms with E-state index in [0.29, 0.717) is 0 Å². The van der Waals surface area contributed by atoms with E-state index in [1.54, 1.807) is 16.7 Å². The van der Waals surface area contributed by atoms with Gasteiger partial charge in [-0.2, -0.15) is 0 Å². The molecular formula is C54H47BN2S2. The molecule has 0 unspecified atom stereocenters. The van der Waals surface area contributed by atoms with Gasteiger partial charge in [0.1, 0.15) is 0 Å². The Morgan fingerprint density at radius 2 is 1.02 bits per heavy atom. The molecule has 2 aliphatic heterocycles. The van der Waals surface area contributed by atoms with Gasteiger partial charge in [0.25, 0.3) is 0 Å². The second kappa shape index (κ2) is 10.4. The molecule has 14 rings (SSSR count). The minimum atomic E-state index is 0.0525. The highest BCUT2D eigenvalue weighted by Gasteiger charge is 2.45. The van der Waals surface area contributed by atoms with E-state index >= 15 is 0 Å². The first-order valence-electron chi connectivity index (χ1n) is 21.9. The van der Waals surface area contributed by atoms with Crippen LogP contribution in [0.5, 0.6) is 0 Å². The maximum absolute atomic E-state index is 2.82. The summed E-state index contributed by atoms with van der Waals surface area (Å²) < 4.78 is 11.3. The molecule has 6 aromatic carbocycles. The fourth-order valence-electron chi connectivity index (χ4n) is 12.8. The summed E-state index contributed by atoms with van der Waals surface area (Å²) in [6, 6.07) is 36.6. The zero-order chi connectivity index (χ0) is 39.9. The largest absolute Gasteiger partial charge is 0.374 e. The minimum absolute atomic E-state index is 0.0525. The molecule has 0 amide bonds. The van der Waals surface area contributed by atoms with Crippen molar-refractivity contribution in [3.8, 4) is 16.8 Å². The van der Waals surface area contributed by atoms with E-state index in [2.05, 4.69) is 155 Å². The molecule has 0 N–H and O–H groups in total. The average Bonchev–Trinajstić information content (AvgIpc) is 3.95. The minimum Gasteiger partial charge on any atom is -0.374 e. The first-order chi connectivity index (χ1) is 28.2. The number of para-hydroxylation sites is 2. The van der Waals surface area contributed by atoms with Gasteiger partial charge in [-0.05, 0) is 127 Å². The highest BCUT2D eigenvalue weighted by molar-refractivity contribution is 7.27. The number of thiophene rings is 2. The molecule has 59 heavy (non-hydrogen) atoms. The molecule has 4 aromatic heterocycles. The van der Waals surface area contributed by atoms with Gasteiger partial charge in [-0.3, -0.25) is 0 Å². The summed E-state index contributed by atoms with van der Waals surface area (Å²) in [6.45, 7) is 19.8. The summed E-state index contributed by atoms with van der Waals surface area (Å²) in [5.74, 6) is 0. The summed E-state index contributed by atoms with van der Waals surface area (Å²) in [5, 5.41) is 8.30. The van der Waals surface area contributed by atoms with E-state index in [1.807, 2.05) is 22.7 Å². The standard InChI is InChI=1S/C54H47BN2S2/c1-51(2)19-21-53(5,6)37-26-41-33(24-35(37)51)47-49(58-41)32-17-12-18-39-46(32)56(47)40-23-28-13-9-10-14-29(28)43-30-15-11-16-31-45(30)57(55(39)44(40)43)48-34-25-36-38(27-42(34)59-50(31)48)54(7,8)22-20-52(36,3)4/h9-18,23-27H,19-22H2,1-8H3. The maximum atomic E-state index is 2.82. The van der Waals surface area contributed by atoms with Crippen molar-refractivity contribution in [3.05, 3.63) is 113 Å². The Hall–Kier alpha value is -4.84. The fourth-order valence-corrected chi connectivity index (χ4v) is 15.2. The number of fused-ring (bicyclic) bond motifs is 18. The van der Waals surface area contributed by atoms with Crippen molar-refractivity contribution in [2.75, 3.05) is 0 Å². The van der Waals surface area contributed by atoms with Crippen molar-refractivity contribution < 1.29 is 0 Å². The molecule has 0 bridgehead atoms. The van der Waals surface area contributed by atoms with E-state index in [1.165, 1.54) is 132 Å². The van der Waals surface area contributed by atoms with Crippen LogP contribution in [-0.4, -0.2) is 15.9 Å². The highest BCUT2D eigenvalue weighted by atomic mass is 32.1. The zero-order valence-electron chi connectivity index (χ0n) is 35.3. The number of aromatic nitrogens is 2. The lowest BCUT2D eigenvalue weighted by Gasteiger charge is -2.42. The summed E-state index contributed by atoms with van der Waals surface area (Å²) in [6.07, 6.45) is 4.89. The predicted molar refractivity (Wildman–Crippen MR) is 258 cm³/mol. The van der Waals surface area contributed by atoms with E-state index < -0.39 is 0 Å². The molecule has 2 nitrogen and oxygen atoms in total. The summed E-state index contributed by atoms with van der Waals surface area (Å²) in [4.78, 5) is 0. The van der Waals surface area contributed by atoms with Gasteiger partial charge < -0.3 is 9.05 Å². The lowest BCUT2D eigenvalue weighted by atomic mass is 9.45. The topological polar surface area (TPSA) is 9.86 Å². The average molecular weight is 799 g/mol. The van der Waals surface area contributed by atoms with Crippen LogP contribution in [0.2, 0.25) is 0 Å². The fraction of sp³-hybridized carbons (Fsp3) is 0.296. The van der Waals surface area contributed by atoms with Gasteiger partial charge in [-0.15, -0.1) is 22.7 Å². The SMILES string of the molecule is CC1(C)CCC(C)(C)c2cc3c(cc21)sc1c2cccc4c2n(c31)B1c2c(cc3ccccc3c2-4)-n2c3c1cccc3c1sc3cc4c(cc3c12)C(C)(C)CCC4(C)C. The van der Waals surface area contributed by atoms with E-state index in [-0.39, 0.29) is 28.5 Å². The third-order valence-electron chi connectivity index (χ3n) is 16.2. The molecule has 0 saturated heterocycles. The Bertz CT molecular complexity index is 3630. The van der Waals surface area contributed by atoms with Crippen LogP contribution in [0.1, 0.15) is 103 Å². The second-order valence-electron chi connectivity index (χ2n) is 21.3. The zero-order valence-corrected chi connectivity index (χ0v) is 36.9. The Kier molecular flexibility index (Phi) is 5.96. The molecule has 0 radical (unpaired) electrons. The quantitative estimate of drug-likeness (QED) is 0.135. The van der Waals surface area contributed by atoms with Gasteiger partial charge in [0.15, 0.2) is 0 Å². The van der Waals surface area contributed by atoms with Crippen molar-refractivity contribution in [2.45, 2.75) is 103 Å². The Balaban J connectivity index is 1.17. The van der Waals surface area contributed by atoms with Crippen LogP contribution >= 0.6 is 22.7 Å². The number of hydrogen-bond donors (Lipinski definition) is 0. The van der Waals surface area contributed by atoms with Crippen molar-refractivity contribution in [2.24, 2.45) is 0 Å². The molecular weight excluding hydrogens is 752 g/mol. The van der Waals surface area contributed by atoms with Crippen LogP contribution in [-0.2, 0) is 21.7 Å². The molecule has 0 fully saturated rings. The van der Waals surface area contributed by atoms with Crippen LogP contribution in [0.25, 0.3) is 90.0 Å². The van der Waals surface area contributed by atoms with Gasteiger partial charge in [0, 0.05) is 47.7 Å². The van der Waals surface area contributed by atoms with Crippen LogP contribution in [0.15, 0.2) is 91.0 Å². The number of rotatable bonds is 0. The molecule has 4 aliphatic rings. The number of nitrogens with zero attached hydrogens (tertiary/aromatic N) is 2. The van der Waals surface area contributed by atoms with Gasteiger partial charge >= 0.3 is 6.85 Å². The number of benzene rings is 6. The normalized spacial score (nSPS) is 19.1. The lowest BCUT2D eigenvalue weighted by Crippen LogP contribution is -2.55. The Morgan fingerprint density at radius 3 is 1.66 bits per heavy atom. The van der Waals surface area contributed by atoms with E-state index in [9.17, 15) is 0 Å². The second-order valence-corrected chi connectivity index (χ2v) is 23.4. The van der Waals surface area contributed by atoms with Gasteiger partial charge in [-0.25, -0.2) is 0 Å². The molecule has 288 valence electrons. The summed E-state index contributed by atoms with van der Waals surface area (Å²) in [7, 11) is 0. The summed E-state index contributed by atoms with van der Waals surface area (Å²) >= 11 is 4.05. The molecule has 5 heteroatoms. The molecule has 6 heterocycles. The monoisotopic (exact) mass is 798 g/mol. The molecule has 0 saturated carbocycles. The lowest BCUT2D eigenvalue weighted by molar-refractivity contribution is 0.332. The Morgan fingerprint density at radius 1 is 0.492 bits per heavy atom. The first-order valence-corrected chi connectivity index (χ1v) is 23.5. The first kappa shape index (κ1) is 33.9. The third kappa shape index (κ3) is 3.93. The van der Waals surface area contributed by atoms with Gasteiger partial charge in [0.05, 0.1) is 25.9 Å². The van der Waals surface area contributed by atoms with Crippen molar-refractivity contribution >= 4 is 114 Å². The predicted octanol–water partition coefficient (Wildman–Crippen LogP) is 14.1. The van der Waals surface area contributed by atoms with Crippen molar-refractivity contribution in [3.63, 3.8) is 0 Å². The molecule has 0 spiro atoms. The van der Waals surface area contributed by atoms with Gasteiger partial charge in [-0.1, -0.05) is 116 Å². The third-order valence-corrected chi connectivity index (χ3v) is 18.5. The number of hydrogen-bond acceptors (Lipinski definition) is 2. The smallest absolute Gasteiger partial charge is 0.333 e. The van der Waals surface area contributed by atoms with Crippen LogP contribution in [0, 0.1) is 0 Å². The highest BCUT2D eigenvalue weighted by Crippen LogP contribution is 2.55. The van der Waals surface area contributed by atoms with Crippen LogP contribution < -0.4 is 10.9 Å². The van der Waals surface area contributed by atoms with Crippen molar-refractivity contribution in [1.29, 1.82) is 0 Å². The van der Waals surface area contributed by atoms with Gasteiger partial charge in [0.2, 0.25) is 0 Å². The molecule has 0 atom stereocenters. The maximum Gasteiger partial charge on any atom is 0.333 e. The Labute approximate surface area is 353 Å². The van der Waals surface area contributed by atoms with Crippen molar-refractivity contribution in [1.82, 2.24) is 9.05 Å². The molecule has 2 aliphatic carbocycles. The summed E-state index contributed by atoms with van der Waals surface area (Å²) in [5.41, 5.74) is 19.4.